The Morgan fingerprint density at radius 2 is 1.47 bits per heavy atom. The first-order valence-corrected chi connectivity index (χ1v) is 14.5. The molecular weight excluding hydrogens is 522 g/mol. The third kappa shape index (κ3) is 5.06. The number of amides is 1. The number of sulfonamides is 1. The summed E-state index contributed by atoms with van der Waals surface area (Å²) < 4.78 is 52.1. The molecule has 194 valence electrons. The maximum absolute atomic E-state index is 13.7. The summed E-state index contributed by atoms with van der Waals surface area (Å²) in [4.78, 5) is 13.5. The third-order valence-corrected chi connectivity index (χ3v) is 8.75. The standard InChI is InChI=1S/C28H25N3O5S2/c32-28(29-21-13-6-2-7-14-21)27-25(20-11-4-1-5-12-20)26-23(30-27)17-10-18-24(26)31(19-37(33)34)38(35,36)22-15-8-3-9-16-22/h1-18,25,27,30H,19H2,(H,29,32)(H,33,34)/p-1. The van der Waals surface area contributed by atoms with Crippen LogP contribution in [0.5, 0.6) is 0 Å². The summed E-state index contributed by atoms with van der Waals surface area (Å²) in [6.07, 6.45) is 0. The molecular formula is C28H24N3O5S2-. The molecule has 0 aliphatic carbocycles. The zero-order valence-electron chi connectivity index (χ0n) is 20.1. The quantitative estimate of drug-likeness (QED) is 0.319. The third-order valence-electron chi connectivity index (χ3n) is 6.34. The number of nitrogens with one attached hydrogen (secondary N) is 2. The number of fused-ring (bicyclic) bond motifs is 1. The fourth-order valence-corrected chi connectivity index (χ4v) is 7.02. The molecule has 0 saturated heterocycles. The van der Waals surface area contributed by atoms with Crippen molar-refractivity contribution in [2.75, 3.05) is 20.8 Å². The normalized spacial score (nSPS) is 17.2. The molecule has 4 aromatic rings. The van der Waals surface area contributed by atoms with E-state index in [9.17, 15) is 22.0 Å². The Balaban J connectivity index is 1.64. The van der Waals surface area contributed by atoms with Crippen molar-refractivity contribution in [3.05, 3.63) is 120 Å². The Hall–Kier alpha value is -3.99. The van der Waals surface area contributed by atoms with Crippen molar-refractivity contribution in [3.8, 4) is 0 Å². The van der Waals surface area contributed by atoms with Crippen LogP contribution >= 0.6 is 0 Å². The van der Waals surface area contributed by atoms with Gasteiger partial charge in [-0.3, -0.25) is 13.3 Å². The highest BCUT2D eigenvalue weighted by molar-refractivity contribution is 7.94. The predicted molar refractivity (Wildman–Crippen MR) is 147 cm³/mol. The SMILES string of the molecule is O=C(Nc1ccccc1)C1Nc2cccc(N(CS(=O)[O-])S(=O)(=O)c3ccccc3)c2C1c1ccccc1. The van der Waals surface area contributed by atoms with Crippen LogP contribution in [0.1, 0.15) is 17.0 Å². The zero-order chi connectivity index (χ0) is 26.7. The number of nitrogens with zero attached hydrogens (tertiary/aromatic N) is 1. The second-order valence-electron chi connectivity index (χ2n) is 8.70. The van der Waals surface area contributed by atoms with Gasteiger partial charge >= 0.3 is 0 Å². The van der Waals surface area contributed by atoms with E-state index in [1.165, 1.54) is 12.1 Å². The lowest BCUT2D eigenvalue weighted by Crippen LogP contribution is -2.37. The van der Waals surface area contributed by atoms with Crippen LogP contribution in [-0.4, -0.2) is 35.0 Å². The summed E-state index contributed by atoms with van der Waals surface area (Å²) in [7, 11) is -4.25. The van der Waals surface area contributed by atoms with Crippen LogP contribution in [0.4, 0.5) is 17.1 Å². The van der Waals surface area contributed by atoms with Crippen LogP contribution in [0.3, 0.4) is 0 Å². The number of carbonyl (C=O) groups excluding carboxylic acids is 1. The lowest BCUT2D eigenvalue weighted by molar-refractivity contribution is -0.117. The zero-order valence-corrected chi connectivity index (χ0v) is 21.7. The van der Waals surface area contributed by atoms with Gasteiger partial charge in [0, 0.05) is 22.9 Å². The van der Waals surface area contributed by atoms with Gasteiger partial charge in [0.1, 0.15) is 6.04 Å². The summed E-state index contributed by atoms with van der Waals surface area (Å²) in [5.74, 6) is -1.69. The Kier molecular flexibility index (Phi) is 7.28. The summed E-state index contributed by atoms with van der Waals surface area (Å²) in [5, 5.41) is 6.18. The molecule has 4 aromatic carbocycles. The first-order valence-electron chi connectivity index (χ1n) is 11.8. The van der Waals surface area contributed by atoms with E-state index in [0.717, 1.165) is 9.87 Å². The predicted octanol–water partition coefficient (Wildman–Crippen LogP) is 4.28. The maximum atomic E-state index is 13.7. The van der Waals surface area contributed by atoms with Crippen LogP contribution < -0.4 is 14.9 Å². The molecule has 1 heterocycles. The molecule has 1 amide bonds. The molecule has 1 aliphatic rings. The van der Waals surface area contributed by atoms with Gasteiger partial charge in [0.05, 0.1) is 16.5 Å². The minimum absolute atomic E-state index is 0.0383. The molecule has 1 aliphatic heterocycles. The molecule has 0 radical (unpaired) electrons. The van der Waals surface area contributed by atoms with Crippen LogP contribution in [0, 0.1) is 0 Å². The second kappa shape index (κ2) is 10.8. The average molecular weight is 547 g/mol. The molecule has 0 spiro atoms. The van der Waals surface area contributed by atoms with Crippen molar-refractivity contribution < 1.29 is 22.0 Å². The first-order chi connectivity index (χ1) is 18.4. The van der Waals surface area contributed by atoms with Crippen molar-refractivity contribution in [2.45, 2.75) is 16.9 Å². The van der Waals surface area contributed by atoms with Crippen molar-refractivity contribution >= 4 is 44.1 Å². The van der Waals surface area contributed by atoms with Crippen molar-refractivity contribution in [1.82, 2.24) is 0 Å². The van der Waals surface area contributed by atoms with Gasteiger partial charge < -0.3 is 15.2 Å². The lowest BCUT2D eigenvalue weighted by atomic mass is 9.86. The smallest absolute Gasteiger partial charge is 0.265 e. The van der Waals surface area contributed by atoms with E-state index in [4.69, 9.17) is 0 Å². The Morgan fingerprint density at radius 3 is 2.11 bits per heavy atom. The van der Waals surface area contributed by atoms with Gasteiger partial charge in [-0.1, -0.05) is 72.8 Å². The average Bonchev–Trinajstić information content (AvgIpc) is 3.33. The molecule has 3 unspecified atom stereocenters. The molecule has 0 fully saturated rings. The van der Waals surface area contributed by atoms with Crippen LogP contribution in [0.2, 0.25) is 0 Å². The van der Waals surface area contributed by atoms with E-state index >= 15 is 0 Å². The summed E-state index contributed by atoms with van der Waals surface area (Å²) in [6.45, 7) is 0. The molecule has 5 rings (SSSR count). The van der Waals surface area contributed by atoms with E-state index < -0.39 is 38.9 Å². The van der Waals surface area contributed by atoms with Gasteiger partial charge in [-0.2, -0.15) is 0 Å². The number of carbonyl (C=O) groups is 1. The highest BCUT2D eigenvalue weighted by Crippen LogP contribution is 2.47. The van der Waals surface area contributed by atoms with Gasteiger partial charge in [-0.15, -0.1) is 0 Å². The monoisotopic (exact) mass is 546 g/mol. The molecule has 10 heteroatoms. The summed E-state index contributed by atoms with van der Waals surface area (Å²) in [6, 6.07) is 30.1. The Morgan fingerprint density at radius 1 is 0.868 bits per heavy atom. The summed E-state index contributed by atoms with van der Waals surface area (Å²) >= 11 is -2.72. The number of benzene rings is 4. The molecule has 8 nitrogen and oxygen atoms in total. The maximum Gasteiger partial charge on any atom is 0.265 e. The summed E-state index contributed by atoms with van der Waals surface area (Å²) in [5.41, 5.74) is 2.66. The highest BCUT2D eigenvalue weighted by atomic mass is 32.2. The van der Waals surface area contributed by atoms with Crippen LogP contribution in [0.25, 0.3) is 0 Å². The van der Waals surface area contributed by atoms with Crippen molar-refractivity contribution in [2.24, 2.45) is 0 Å². The van der Waals surface area contributed by atoms with E-state index in [1.807, 2.05) is 48.5 Å². The van der Waals surface area contributed by atoms with Crippen LogP contribution in [-0.2, 0) is 25.9 Å². The molecule has 0 aromatic heterocycles. The van der Waals surface area contributed by atoms with E-state index in [1.54, 1.807) is 48.5 Å². The number of rotatable bonds is 8. The van der Waals surface area contributed by atoms with E-state index in [-0.39, 0.29) is 16.5 Å². The van der Waals surface area contributed by atoms with Gasteiger partial charge in [-0.25, -0.2) is 8.42 Å². The minimum atomic E-state index is -4.25. The van der Waals surface area contributed by atoms with Gasteiger partial charge in [0.2, 0.25) is 5.91 Å². The van der Waals surface area contributed by atoms with Gasteiger partial charge in [-0.05, 0) is 53.0 Å². The second-order valence-corrected chi connectivity index (χ2v) is 11.4. The topological polar surface area (TPSA) is 119 Å². The largest absolute Gasteiger partial charge is 0.771 e. The number of hydrogen-bond donors (Lipinski definition) is 2. The minimum Gasteiger partial charge on any atom is -0.771 e. The van der Waals surface area contributed by atoms with E-state index in [0.29, 0.717) is 16.9 Å². The van der Waals surface area contributed by atoms with Crippen molar-refractivity contribution in [1.29, 1.82) is 0 Å². The molecule has 3 atom stereocenters. The fraction of sp³-hybridized carbons (Fsp3) is 0.107. The van der Waals surface area contributed by atoms with Gasteiger partial charge in [0.15, 0.2) is 0 Å². The molecule has 2 N–H and O–H groups in total. The fourth-order valence-electron chi connectivity index (χ4n) is 4.70. The first kappa shape index (κ1) is 25.7. The number of hydrogen-bond acceptors (Lipinski definition) is 6. The Bertz CT molecular complexity index is 1570. The van der Waals surface area contributed by atoms with Crippen LogP contribution in [0.15, 0.2) is 114 Å². The van der Waals surface area contributed by atoms with Gasteiger partial charge in [0.25, 0.3) is 10.0 Å². The number of anilines is 3. The van der Waals surface area contributed by atoms with Crippen molar-refractivity contribution in [3.63, 3.8) is 0 Å². The van der Waals surface area contributed by atoms with E-state index in [2.05, 4.69) is 10.6 Å². The number of para-hydroxylation sites is 1. The molecule has 38 heavy (non-hydrogen) atoms. The Labute approximate surface area is 223 Å². The molecule has 0 bridgehead atoms. The molecule has 0 saturated carbocycles. The highest BCUT2D eigenvalue weighted by Gasteiger charge is 2.42. The lowest BCUT2D eigenvalue weighted by Gasteiger charge is -2.29.